The normalized spacial score (nSPS) is 9.14. The van der Waals surface area contributed by atoms with Gasteiger partial charge in [-0.25, -0.2) is 0 Å². The molecule has 0 fully saturated rings. The van der Waals surface area contributed by atoms with Crippen molar-refractivity contribution in [1.82, 2.24) is 0 Å². The van der Waals surface area contributed by atoms with Crippen LogP contribution in [0.1, 0.15) is 5.56 Å². The van der Waals surface area contributed by atoms with E-state index in [2.05, 4.69) is 42.7 Å². The van der Waals surface area contributed by atoms with Crippen LogP contribution in [-0.4, -0.2) is 0 Å². The van der Waals surface area contributed by atoms with Gasteiger partial charge in [-0.3, -0.25) is 0 Å². The predicted molar refractivity (Wildman–Crippen MR) is 61.0 cm³/mol. The second-order valence-electron chi connectivity index (χ2n) is 3.04. The highest BCUT2D eigenvalue weighted by Gasteiger charge is 1.91. The standard InChI is InChI=1S/C14H10/c1-2-3-6-12-9-10-13-7-4-5-8-14(13)11-12/h2,4-5,7-11H,1H2. The fourth-order valence-corrected chi connectivity index (χ4v) is 1.40. The van der Waals surface area contributed by atoms with Crippen molar-refractivity contribution in [3.05, 3.63) is 60.7 Å². The summed E-state index contributed by atoms with van der Waals surface area (Å²) < 4.78 is 0. The maximum Gasteiger partial charge on any atom is 0.0255 e. The third-order valence-electron chi connectivity index (χ3n) is 2.07. The molecule has 0 heteroatoms. The van der Waals surface area contributed by atoms with Gasteiger partial charge in [-0.2, -0.15) is 0 Å². The molecule has 66 valence electrons. The Morgan fingerprint density at radius 2 is 1.79 bits per heavy atom. The van der Waals surface area contributed by atoms with Crippen LogP contribution in [0.25, 0.3) is 10.8 Å². The molecule has 0 heterocycles. The van der Waals surface area contributed by atoms with E-state index in [0.717, 1.165) is 5.56 Å². The largest absolute Gasteiger partial charge is 0.0906 e. The Labute approximate surface area is 83.9 Å². The van der Waals surface area contributed by atoms with E-state index < -0.39 is 0 Å². The van der Waals surface area contributed by atoms with Gasteiger partial charge in [0, 0.05) is 5.56 Å². The lowest BCUT2D eigenvalue weighted by atomic mass is 10.1. The summed E-state index contributed by atoms with van der Waals surface area (Å²) >= 11 is 0. The van der Waals surface area contributed by atoms with Gasteiger partial charge in [-0.15, -0.1) is 0 Å². The minimum atomic E-state index is 1.03. The number of allylic oxidation sites excluding steroid dienone is 1. The first-order valence-electron chi connectivity index (χ1n) is 4.51. The molecular formula is C14H10. The molecule has 0 saturated heterocycles. The predicted octanol–water partition coefficient (Wildman–Crippen LogP) is 3.38. The van der Waals surface area contributed by atoms with Crippen molar-refractivity contribution in [2.24, 2.45) is 0 Å². The van der Waals surface area contributed by atoms with Crippen LogP contribution < -0.4 is 0 Å². The fraction of sp³-hybridized carbons (Fsp3) is 0. The minimum absolute atomic E-state index is 1.03. The Kier molecular flexibility index (Phi) is 2.34. The lowest BCUT2D eigenvalue weighted by Gasteiger charge is -1.96. The maximum absolute atomic E-state index is 3.56. The quantitative estimate of drug-likeness (QED) is 0.542. The molecule has 0 atom stereocenters. The van der Waals surface area contributed by atoms with Gasteiger partial charge in [0.2, 0.25) is 0 Å². The van der Waals surface area contributed by atoms with Crippen LogP contribution in [0.15, 0.2) is 55.1 Å². The van der Waals surface area contributed by atoms with E-state index in [4.69, 9.17) is 0 Å². The zero-order chi connectivity index (χ0) is 9.80. The molecule has 14 heavy (non-hydrogen) atoms. The SMILES string of the molecule is C=CC#Cc1ccc2ccccc2c1. The smallest absolute Gasteiger partial charge is 0.0255 e. The van der Waals surface area contributed by atoms with Crippen LogP contribution in [0.5, 0.6) is 0 Å². The lowest BCUT2D eigenvalue weighted by molar-refractivity contribution is 1.70. The van der Waals surface area contributed by atoms with Crippen LogP contribution in [-0.2, 0) is 0 Å². The Morgan fingerprint density at radius 1 is 1.00 bits per heavy atom. The number of hydrogen-bond donors (Lipinski definition) is 0. The summed E-state index contributed by atoms with van der Waals surface area (Å²) in [5, 5.41) is 2.47. The first kappa shape index (κ1) is 8.59. The van der Waals surface area contributed by atoms with Crippen molar-refractivity contribution in [3.8, 4) is 11.8 Å². The van der Waals surface area contributed by atoms with Gasteiger partial charge in [0.1, 0.15) is 0 Å². The van der Waals surface area contributed by atoms with Crippen molar-refractivity contribution in [3.63, 3.8) is 0 Å². The Balaban J connectivity index is 2.56. The Morgan fingerprint density at radius 3 is 2.57 bits per heavy atom. The number of benzene rings is 2. The summed E-state index contributed by atoms with van der Waals surface area (Å²) in [6.45, 7) is 3.56. The highest BCUT2D eigenvalue weighted by Crippen LogP contribution is 2.14. The van der Waals surface area contributed by atoms with Gasteiger partial charge in [0.05, 0.1) is 0 Å². The van der Waals surface area contributed by atoms with E-state index >= 15 is 0 Å². The van der Waals surface area contributed by atoms with E-state index in [1.54, 1.807) is 6.08 Å². The number of rotatable bonds is 0. The van der Waals surface area contributed by atoms with Gasteiger partial charge in [0.25, 0.3) is 0 Å². The van der Waals surface area contributed by atoms with E-state index in [-0.39, 0.29) is 0 Å². The Bertz CT molecular complexity index is 524. The minimum Gasteiger partial charge on any atom is -0.0906 e. The monoisotopic (exact) mass is 178 g/mol. The maximum atomic E-state index is 3.56. The van der Waals surface area contributed by atoms with Gasteiger partial charge >= 0.3 is 0 Å². The molecular weight excluding hydrogens is 168 g/mol. The molecule has 0 unspecified atom stereocenters. The average Bonchev–Trinajstić information content (AvgIpc) is 2.26. The van der Waals surface area contributed by atoms with Crippen molar-refractivity contribution in [2.45, 2.75) is 0 Å². The van der Waals surface area contributed by atoms with Gasteiger partial charge in [-0.05, 0) is 29.0 Å². The van der Waals surface area contributed by atoms with Crippen LogP contribution in [0.4, 0.5) is 0 Å². The van der Waals surface area contributed by atoms with Gasteiger partial charge < -0.3 is 0 Å². The van der Waals surface area contributed by atoms with E-state index in [0.29, 0.717) is 0 Å². The first-order valence-corrected chi connectivity index (χ1v) is 4.51. The van der Waals surface area contributed by atoms with Crippen LogP contribution in [0.3, 0.4) is 0 Å². The summed E-state index contributed by atoms with van der Waals surface area (Å²) in [6.07, 6.45) is 1.61. The molecule has 0 aliphatic rings. The zero-order valence-corrected chi connectivity index (χ0v) is 7.83. The van der Waals surface area contributed by atoms with Crippen molar-refractivity contribution in [1.29, 1.82) is 0 Å². The summed E-state index contributed by atoms with van der Waals surface area (Å²) in [4.78, 5) is 0. The topological polar surface area (TPSA) is 0 Å². The van der Waals surface area contributed by atoms with Gasteiger partial charge in [-0.1, -0.05) is 48.8 Å². The summed E-state index contributed by atoms with van der Waals surface area (Å²) in [7, 11) is 0. The van der Waals surface area contributed by atoms with E-state index in [9.17, 15) is 0 Å². The van der Waals surface area contributed by atoms with Crippen LogP contribution in [0.2, 0.25) is 0 Å². The molecule has 2 aromatic rings. The van der Waals surface area contributed by atoms with Crippen molar-refractivity contribution >= 4 is 10.8 Å². The Hall–Kier alpha value is -2.00. The third kappa shape index (κ3) is 1.67. The lowest BCUT2D eigenvalue weighted by Crippen LogP contribution is -1.75. The molecule has 0 spiro atoms. The molecule has 0 bridgehead atoms. The molecule has 0 aliphatic carbocycles. The summed E-state index contributed by atoms with van der Waals surface area (Å²) in [6, 6.07) is 14.5. The second-order valence-corrected chi connectivity index (χ2v) is 3.04. The molecule has 0 aromatic heterocycles. The molecule has 2 rings (SSSR count). The molecule has 0 nitrogen and oxygen atoms in total. The molecule has 0 aliphatic heterocycles. The highest BCUT2D eigenvalue weighted by atomic mass is 14.0. The fourth-order valence-electron chi connectivity index (χ4n) is 1.40. The van der Waals surface area contributed by atoms with Crippen molar-refractivity contribution in [2.75, 3.05) is 0 Å². The second kappa shape index (κ2) is 3.81. The number of hydrogen-bond acceptors (Lipinski definition) is 0. The molecule has 0 saturated carbocycles. The average molecular weight is 178 g/mol. The zero-order valence-electron chi connectivity index (χ0n) is 7.83. The van der Waals surface area contributed by atoms with Crippen molar-refractivity contribution < 1.29 is 0 Å². The molecule has 0 radical (unpaired) electrons. The number of fused-ring (bicyclic) bond motifs is 1. The third-order valence-corrected chi connectivity index (χ3v) is 2.07. The summed E-state index contributed by atoms with van der Waals surface area (Å²) in [5.41, 5.74) is 1.03. The van der Waals surface area contributed by atoms with E-state index in [1.807, 2.05) is 18.2 Å². The first-order chi connectivity index (χ1) is 6.90. The van der Waals surface area contributed by atoms with Crippen LogP contribution in [0, 0.1) is 11.8 Å². The molecule has 2 aromatic carbocycles. The highest BCUT2D eigenvalue weighted by molar-refractivity contribution is 5.83. The van der Waals surface area contributed by atoms with Gasteiger partial charge in [0.15, 0.2) is 0 Å². The summed E-state index contributed by atoms with van der Waals surface area (Å²) in [5.74, 6) is 5.86. The molecule has 0 amide bonds. The molecule has 0 N–H and O–H groups in total. The van der Waals surface area contributed by atoms with E-state index in [1.165, 1.54) is 10.8 Å². The van der Waals surface area contributed by atoms with Crippen LogP contribution >= 0.6 is 0 Å².